The second-order valence-electron chi connectivity index (χ2n) is 2.92. The quantitative estimate of drug-likeness (QED) is 0.348. The fourth-order valence-electron chi connectivity index (χ4n) is 1.20. The van der Waals surface area contributed by atoms with E-state index < -0.39 is 4.92 Å². The number of nitrogens with two attached hydrogens (primary N) is 1. The van der Waals surface area contributed by atoms with Crippen LogP contribution in [0.3, 0.4) is 0 Å². The van der Waals surface area contributed by atoms with Crippen molar-refractivity contribution >= 4 is 28.8 Å². The molecule has 0 radical (unpaired) electrons. The average Bonchev–Trinajstić information content (AvgIpc) is 2.17. The molecule has 0 atom stereocenters. The van der Waals surface area contributed by atoms with Gasteiger partial charge in [-0.05, 0) is 18.4 Å². The molecule has 3 N–H and O–H groups in total. The normalized spacial score (nSPS) is 9.93. The first kappa shape index (κ1) is 11.6. The molecule has 1 rings (SSSR count). The number of hydrogen-bond acceptors (Lipinski definition) is 5. The molecule has 0 saturated heterocycles. The van der Waals surface area contributed by atoms with Crippen LogP contribution in [0.5, 0.6) is 0 Å². The van der Waals surface area contributed by atoms with Gasteiger partial charge in [-0.3, -0.25) is 10.1 Å². The van der Waals surface area contributed by atoms with Crippen molar-refractivity contribution in [3.63, 3.8) is 0 Å². The summed E-state index contributed by atoms with van der Waals surface area (Å²) in [5.74, 6) is 0.895. The number of nitrogens with one attached hydrogen (secondary N) is 1. The van der Waals surface area contributed by atoms with Crippen LogP contribution in [0.2, 0.25) is 0 Å². The molecule has 1 aromatic carbocycles. The summed E-state index contributed by atoms with van der Waals surface area (Å²) in [5, 5.41) is 13.7. The summed E-state index contributed by atoms with van der Waals surface area (Å²) in [5.41, 5.74) is 6.17. The van der Waals surface area contributed by atoms with Gasteiger partial charge in [-0.1, -0.05) is 6.07 Å². The summed E-state index contributed by atoms with van der Waals surface area (Å²) in [6.07, 6.45) is 1.98. The Hall–Kier alpha value is -1.43. The summed E-state index contributed by atoms with van der Waals surface area (Å²) in [6.45, 7) is 0.686. The molecule has 0 aliphatic carbocycles. The van der Waals surface area contributed by atoms with E-state index in [1.807, 2.05) is 6.26 Å². The molecular weight excluding hydrogens is 214 g/mol. The molecular formula is C9H13N3O2S. The molecule has 82 valence electrons. The smallest absolute Gasteiger partial charge is 0.314 e. The molecule has 0 saturated carbocycles. The third kappa shape index (κ3) is 3.02. The Bertz CT molecular complexity index is 357. The number of rotatable bonds is 5. The molecule has 0 unspecified atom stereocenters. The van der Waals surface area contributed by atoms with E-state index in [2.05, 4.69) is 5.32 Å². The van der Waals surface area contributed by atoms with Crippen LogP contribution in [-0.2, 0) is 0 Å². The summed E-state index contributed by atoms with van der Waals surface area (Å²) in [6, 6.07) is 4.89. The first-order chi connectivity index (χ1) is 7.16. The second kappa shape index (κ2) is 5.45. The first-order valence-corrected chi connectivity index (χ1v) is 5.82. The number of nitrogen functional groups attached to an aromatic ring is 1. The molecule has 0 aliphatic rings. The highest BCUT2D eigenvalue weighted by molar-refractivity contribution is 7.98. The minimum atomic E-state index is -0.462. The Morgan fingerprint density at radius 3 is 2.93 bits per heavy atom. The van der Waals surface area contributed by atoms with Gasteiger partial charge in [-0.25, -0.2) is 0 Å². The number of benzene rings is 1. The topological polar surface area (TPSA) is 81.2 Å². The molecule has 1 aromatic rings. The van der Waals surface area contributed by atoms with Gasteiger partial charge in [-0.15, -0.1) is 0 Å². The van der Waals surface area contributed by atoms with Crippen LogP contribution in [0.1, 0.15) is 0 Å². The number of nitro benzene ring substituents is 1. The van der Waals surface area contributed by atoms with Gasteiger partial charge in [0.15, 0.2) is 0 Å². The van der Waals surface area contributed by atoms with Crippen LogP contribution in [0.15, 0.2) is 18.2 Å². The maximum Gasteiger partial charge on any atom is 0.314 e. The van der Waals surface area contributed by atoms with Gasteiger partial charge in [0.25, 0.3) is 0 Å². The maximum absolute atomic E-state index is 10.8. The molecule has 0 aromatic heterocycles. The van der Waals surface area contributed by atoms with E-state index in [-0.39, 0.29) is 11.4 Å². The predicted molar refractivity (Wildman–Crippen MR) is 64.4 cm³/mol. The maximum atomic E-state index is 10.8. The summed E-state index contributed by atoms with van der Waals surface area (Å²) in [4.78, 5) is 10.3. The zero-order valence-electron chi connectivity index (χ0n) is 8.40. The van der Waals surface area contributed by atoms with Gasteiger partial charge in [0.1, 0.15) is 11.4 Å². The van der Waals surface area contributed by atoms with Crippen LogP contribution in [0.4, 0.5) is 17.1 Å². The molecule has 0 amide bonds. The minimum absolute atomic E-state index is 0.0430. The summed E-state index contributed by atoms with van der Waals surface area (Å²) < 4.78 is 0. The molecule has 0 bridgehead atoms. The lowest BCUT2D eigenvalue weighted by Gasteiger charge is -2.07. The van der Waals surface area contributed by atoms with E-state index in [0.717, 1.165) is 5.75 Å². The number of nitrogens with zero attached hydrogens (tertiary/aromatic N) is 1. The van der Waals surface area contributed by atoms with Crippen molar-refractivity contribution in [1.29, 1.82) is 0 Å². The Labute approximate surface area is 92.2 Å². The highest BCUT2D eigenvalue weighted by Crippen LogP contribution is 2.30. The average molecular weight is 227 g/mol. The van der Waals surface area contributed by atoms with Crippen molar-refractivity contribution in [1.82, 2.24) is 0 Å². The monoisotopic (exact) mass is 227 g/mol. The van der Waals surface area contributed by atoms with Gasteiger partial charge >= 0.3 is 5.69 Å². The Balaban J connectivity index is 2.86. The number of para-hydroxylation sites is 1. The largest absolute Gasteiger partial charge is 0.393 e. The van der Waals surface area contributed by atoms with Crippen molar-refractivity contribution < 1.29 is 4.92 Å². The van der Waals surface area contributed by atoms with Crippen LogP contribution < -0.4 is 11.1 Å². The van der Waals surface area contributed by atoms with Crippen molar-refractivity contribution in [3.8, 4) is 0 Å². The summed E-state index contributed by atoms with van der Waals surface area (Å²) >= 11 is 1.68. The molecule has 5 nitrogen and oxygen atoms in total. The number of hydrogen-bond donors (Lipinski definition) is 2. The number of nitro groups is 1. The SMILES string of the molecule is CSCCNc1cccc(N)c1[N+](=O)[O-]. The second-order valence-corrected chi connectivity index (χ2v) is 3.91. The zero-order valence-corrected chi connectivity index (χ0v) is 9.21. The van der Waals surface area contributed by atoms with E-state index in [4.69, 9.17) is 5.73 Å². The van der Waals surface area contributed by atoms with Gasteiger partial charge < -0.3 is 11.1 Å². The fraction of sp³-hybridized carbons (Fsp3) is 0.333. The highest BCUT2D eigenvalue weighted by Gasteiger charge is 2.16. The van der Waals surface area contributed by atoms with Crippen molar-refractivity contribution in [2.45, 2.75) is 0 Å². The first-order valence-electron chi connectivity index (χ1n) is 4.42. The van der Waals surface area contributed by atoms with E-state index in [1.165, 1.54) is 6.07 Å². The van der Waals surface area contributed by atoms with E-state index in [9.17, 15) is 10.1 Å². The van der Waals surface area contributed by atoms with E-state index >= 15 is 0 Å². The van der Waals surface area contributed by atoms with Crippen LogP contribution >= 0.6 is 11.8 Å². The lowest BCUT2D eigenvalue weighted by molar-refractivity contribution is -0.383. The van der Waals surface area contributed by atoms with E-state index in [0.29, 0.717) is 12.2 Å². The fourth-order valence-corrected chi connectivity index (χ4v) is 1.50. The highest BCUT2D eigenvalue weighted by atomic mass is 32.2. The minimum Gasteiger partial charge on any atom is -0.393 e. The predicted octanol–water partition coefficient (Wildman–Crippen LogP) is 1.95. The van der Waals surface area contributed by atoms with E-state index in [1.54, 1.807) is 23.9 Å². The van der Waals surface area contributed by atoms with Crippen molar-refractivity contribution in [2.75, 3.05) is 29.6 Å². The van der Waals surface area contributed by atoms with Gasteiger partial charge in [-0.2, -0.15) is 11.8 Å². The Morgan fingerprint density at radius 1 is 1.60 bits per heavy atom. The van der Waals surface area contributed by atoms with Gasteiger partial charge in [0.05, 0.1) is 4.92 Å². The zero-order chi connectivity index (χ0) is 11.3. The number of thioether (sulfide) groups is 1. The van der Waals surface area contributed by atoms with Crippen LogP contribution in [-0.4, -0.2) is 23.5 Å². The van der Waals surface area contributed by atoms with Crippen molar-refractivity contribution in [2.24, 2.45) is 0 Å². The standard InChI is InChI=1S/C9H13N3O2S/c1-15-6-5-11-8-4-2-3-7(10)9(8)12(13)14/h2-4,11H,5-6,10H2,1H3. The van der Waals surface area contributed by atoms with Crippen LogP contribution in [0, 0.1) is 10.1 Å². The lowest BCUT2D eigenvalue weighted by atomic mass is 10.2. The Kier molecular flexibility index (Phi) is 4.23. The number of anilines is 2. The Morgan fingerprint density at radius 2 is 2.33 bits per heavy atom. The van der Waals surface area contributed by atoms with Crippen molar-refractivity contribution in [3.05, 3.63) is 28.3 Å². The van der Waals surface area contributed by atoms with Gasteiger partial charge in [0.2, 0.25) is 0 Å². The molecule has 0 spiro atoms. The molecule has 6 heteroatoms. The third-order valence-electron chi connectivity index (χ3n) is 1.87. The molecule has 0 fully saturated rings. The molecule has 15 heavy (non-hydrogen) atoms. The summed E-state index contributed by atoms with van der Waals surface area (Å²) in [7, 11) is 0. The molecule has 0 heterocycles. The van der Waals surface area contributed by atoms with Gasteiger partial charge in [0, 0.05) is 12.3 Å². The third-order valence-corrected chi connectivity index (χ3v) is 2.48. The molecule has 0 aliphatic heterocycles. The lowest BCUT2D eigenvalue weighted by Crippen LogP contribution is -2.07. The van der Waals surface area contributed by atoms with Crippen LogP contribution in [0.25, 0.3) is 0 Å².